The fraction of sp³-hybridized carbons (Fsp3) is 0.222. The Bertz CT molecular complexity index is 993. The SMILES string of the molecule is CC(=O)c1c(C)[nH]c(C(=O)CSc2nncn2-c2ccccc2F)c1C. The van der Waals surface area contributed by atoms with Gasteiger partial charge in [0.15, 0.2) is 16.7 Å². The molecule has 0 unspecified atom stereocenters. The molecule has 3 aromatic rings. The number of nitrogens with zero attached hydrogens (tertiary/aromatic N) is 3. The van der Waals surface area contributed by atoms with Gasteiger partial charge in [-0.3, -0.25) is 14.2 Å². The van der Waals surface area contributed by atoms with E-state index in [9.17, 15) is 14.0 Å². The summed E-state index contributed by atoms with van der Waals surface area (Å²) < 4.78 is 15.5. The van der Waals surface area contributed by atoms with Crippen molar-refractivity contribution in [2.75, 3.05) is 5.75 Å². The Morgan fingerprint density at radius 2 is 2.00 bits per heavy atom. The van der Waals surface area contributed by atoms with Crippen molar-refractivity contribution >= 4 is 23.3 Å². The molecule has 0 amide bonds. The van der Waals surface area contributed by atoms with Gasteiger partial charge in [0.1, 0.15) is 12.1 Å². The molecule has 0 aliphatic carbocycles. The van der Waals surface area contributed by atoms with Crippen LogP contribution in [0.1, 0.15) is 39.0 Å². The highest BCUT2D eigenvalue weighted by Gasteiger charge is 2.21. The molecule has 0 radical (unpaired) electrons. The highest BCUT2D eigenvalue weighted by Crippen LogP contribution is 2.24. The third-order valence-corrected chi connectivity index (χ3v) is 4.97. The summed E-state index contributed by atoms with van der Waals surface area (Å²) in [6.07, 6.45) is 1.41. The Morgan fingerprint density at radius 3 is 2.65 bits per heavy atom. The van der Waals surface area contributed by atoms with E-state index in [1.165, 1.54) is 23.9 Å². The molecule has 0 saturated carbocycles. The van der Waals surface area contributed by atoms with E-state index in [4.69, 9.17) is 0 Å². The molecular weight excluding hydrogens is 355 g/mol. The Hall–Kier alpha value is -2.74. The topological polar surface area (TPSA) is 80.6 Å². The van der Waals surface area contributed by atoms with Crippen molar-refractivity contribution < 1.29 is 14.0 Å². The predicted octanol–water partition coefficient (Wildman–Crippen LogP) is 3.53. The summed E-state index contributed by atoms with van der Waals surface area (Å²) in [6.45, 7) is 4.99. The molecule has 1 N–H and O–H groups in total. The third kappa shape index (κ3) is 3.32. The fourth-order valence-electron chi connectivity index (χ4n) is 2.89. The van der Waals surface area contributed by atoms with Crippen LogP contribution < -0.4 is 0 Å². The van der Waals surface area contributed by atoms with Gasteiger partial charge < -0.3 is 4.98 Å². The second-order valence-electron chi connectivity index (χ2n) is 5.83. The van der Waals surface area contributed by atoms with Crippen LogP contribution in [0.5, 0.6) is 0 Å². The number of thioether (sulfide) groups is 1. The predicted molar refractivity (Wildman–Crippen MR) is 96.6 cm³/mol. The number of aromatic nitrogens is 4. The number of carbonyl (C=O) groups excluding carboxylic acids is 2. The molecule has 0 spiro atoms. The van der Waals surface area contributed by atoms with Gasteiger partial charge in [-0.15, -0.1) is 10.2 Å². The Labute approximate surface area is 153 Å². The molecule has 0 saturated heterocycles. The summed E-state index contributed by atoms with van der Waals surface area (Å²) in [7, 11) is 0. The van der Waals surface area contributed by atoms with E-state index in [2.05, 4.69) is 15.2 Å². The molecule has 2 aromatic heterocycles. The minimum Gasteiger partial charge on any atom is -0.355 e. The number of hydrogen-bond acceptors (Lipinski definition) is 5. The summed E-state index contributed by atoms with van der Waals surface area (Å²) in [6, 6.07) is 6.28. The zero-order valence-electron chi connectivity index (χ0n) is 14.5. The molecule has 26 heavy (non-hydrogen) atoms. The maximum absolute atomic E-state index is 14.0. The number of hydrogen-bond donors (Lipinski definition) is 1. The number of aryl methyl sites for hydroxylation is 1. The van der Waals surface area contributed by atoms with Gasteiger partial charge in [-0.05, 0) is 38.5 Å². The van der Waals surface area contributed by atoms with Crippen LogP contribution in [0.4, 0.5) is 4.39 Å². The second-order valence-corrected chi connectivity index (χ2v) is 6.77. The number of halogens is 1. The van der Waals surface area contributed by atoms with E-state index in [-0.39, 0.29) is 17.3 Å². The molecule has 0 aliphatic rings. The van der Waals surface area contributed by atoms with Crippen LogP contribution in [0.15, 0.2) is 35.7 Å². The molecule has 0 atom stereocenters. The third-order valence-electron chi connectivity index (χ3n) is 4.03. The van der Waals surface area contributed by atoms with Crippen molar-refractivity contribution in [1.82, 2.24) is 19.7 Å². The number of benzene rings is 1. The number of ketones is 2. The molecule has 134 valence electrons. The lowest BCUT2D eigenvalue weighted by atomic mass is 10.1. The molecular formula is C18H17FN4O2S. The molecule has 2 heterocycles. The number of nitrogens with one attached hydrogen (secondary N) is 1. The first kappa shape index (κ1) is 18.1. The molecule has 6 nitrogen and oxygen atoms in total. The van der Waals surface area contributed by atoms with Gasteiger partial charge in [-0.2, -0.15) is 0 Å². The molecule has 0 fully saturated rings. The average molecular weight is 372 g/mol. The van der Waals surface area contributed by atoms with E-state index in [0.29, 0.717) is 33.4 Å². The zero-order valence-corrected chi connectivity index (χ0v) is 15.4. The quantitative estimate of drug-likeness (QED) is 0.529. The maximum atomic E-state index is 14.0. The van der Waals surface area contributed by atoms with Crippen molar-refractivity contribution in [2.24, 2.45) is 0 Å². The summed E-state index contributed by atoms with van der Waals surface area (Å²) >= 11 is 1.16. The van der Waals surface area contributed by atoms with Crippen LogP contribution >= 0.6 is 11.8 Å². The minimum atomic E-state index is -0.401. The lowest BCUT2D eigenvalue weighted by molar-refractivity contribution is 0.101. The van der Waals surface area contributed by atoms with E-state index in [0.717, 1.165) is 11.8 Å². The molecule has 0 aliphatic heterocycles. The van der Waals surface area contributed by atoms with Gasteiger partial charge >= 0.3 is 0 Å². The monoisotopic (exact) mass is 372 g/mol. The number of H-pyrrole nitrogens is 1. The van der Waals surface area contributed by atoms with Crippen molar-refractivity contribution in [1.29, 1.82) is 0 Å². The summed E-state index contributed by atoms with van der Waals surface area (Å²) in [5.41, 5.74) is 2.61. The van der Waals surface area contributed by atoms with Crippen LogP contribution in [0.2, 0.25) is 0 Å². The summed E-state index contributed by atoms with van der Waals surface area (Å²) in [5.74, 6) is -0.554. The van der Waals surface area contributed by atoms with Crippen molar-refractivity contribution in [3.05, 3.63) is 58.9 Å². The largest absolute Gasteiger partial charge is 0.355 e. The van der Waals surface area contributed by atoms with Gasteiger partial charge in [-0.1, -0.05) is 23.9 Å². The maximum Gasteiger partial charge on any atom is 0.196 e. The zero-order chi connectivity index (χ0) is 18.8. The average Bonchev–Trinajstić information content (AvgIpc) is 3.17. The van der Waals surface area contributed by atoms with Crippen LogP contribution in [-0.2, 0) is 0 Å². The lowest BCUT2D eigenvalue weighted by Gasteiger charge is -2.07. The molecule has 3 rings (SSSR count). The Balaban J connectivity index is 1.80. The van der Waals surface area contributed by atoms with Crippen molar-refractivity contribution in [2.45, 2.75) is 25.9 Å². The van der Waals surface area contributed by atoms with E-state index >= 15 is 0 Å². The van der Waals surface area contributed by atoms with Crippen LogP contribution in [-0.4, -0.2) is 37.1 Å². The first-order valence-corrected chi connectivity index (χ1v) is 8.89. The molecule has 0 bridgehead atoms. The van der Waals surface area contributed by atoms with Gasteiger partial charge in [0.25, 0.3) is 0 Å². The Kier molecular flexibility index (Phi) is 5.03. The second kappa shape index (κ2) is 7.25. The summed E-state index contributed by atoms with van der Waals surface area (Å²) in [4.78, 5) is 27.3. The first-order chi connectivity index (χ1) is 12.4. The number of rotatable bonds is 6. The lowest BCUT2D eigenvalue weighted by Crippen LogP contribution is -2.07. The van der Waals surface area contributed by atoms with Crippen LogP contribution in [0.25, 0.3) is 5.69 Å². The van der Waals surface area contributed by atoms with Gasteiger partial charge in [-0.25, -0.2) is 4.39 Å². The van der Waals surface area contributed by atoms with Crippen molar-refractivity contribution in [3.8, 4) is 5.69 Å². The summed E-state index contributed by atoms with van der Waals surface area (Å²) in [5, 5.41) is 8.19. The van der Waals surface area contributed by atoms with Crippen LogP contribution in [0.3, 0.4) is 0 Å². The highest BCUT2D eigenvalue weighted by atomic mass is 32.2. The van der Waals surface area contributed by atoms with Crippen molar-refractivity contribution in [3.63, 3.8) is 0 Å². The first-order valence-electron chi connectivity index (χ1n) is 7.91. The number of para-hydroxylation sites is 1. The normalized spacial score (nSPS) is 10.9. The fourth-order valence-corrected chi connectivity index (χ4v) is 3.69. The Morgan fingerprint density at radius 1 is 1.27 bits per heavy atom. The minimum absolute atomic E-state index is 0.0813. The van der Waals surface area contributed by atoms with E-state index in [1.807, 2.05) is 0 Å². The van der Waals surface area contributed by atoms with Crippen LogP contribution in [0, 0.1) is 19.7 Å². The highest BCUT2D eigenvalue weighted by molar-refractivity contribution is 7.99. The van der Waals surface area contributed by atoms with E-state index < -0.39 is 5.82 Å². The standard InChI is InChI=1S/C18H17FN4O2S/c1-10-16(12(3)24)11(2)21-17(10)15(25)8-26-18-22-20-9-23(18)14-7-5-4-6-13(14)19/h4-7,9,21H,8H2,1-3H3. The number of aromatic amines is 1. The van der Waals surface area contributed by atoms with Gasteiger partial charge in [0, 0.05) is 11.3 Å². The molecule has 1 aromatic carbocycles. The smallest absolute Gasteiger partial charge is 0.196 e. The van der Waals surface area contributed by atoms with Gasteiger partial charge in [0.05, 0.1) is 17.1 Å². The van der Waals surface area contributed by atoms with E-state index in [1.54, 1.807) is 32.0 Å². The number of Topliss-reactive ketones (excluding diaryl/α,β-unsaturated/α-hetero) is 2. The molecule has 8 heteroatoms. The van der Waals surface area contributed by atoms with Gasteiger partial charge in [0.2, 0.25) is 0 Å². The number of carbonyl (C=O) groups is 2.